The lowest BCUT2D eigenvalue weighted by molar-refractivity contribution is -0.237. The van der Waals surface area contributed by atoms with Crippen LogP contribution in [0.25, 0.3) is 11.0 Å². The maximum atomic E-state index is 12.1. The van der Waals surface area contributed by atoms with Gasteiger partial charge in [-0.3, -0.25) is 4.89 Å². The number of fused-ring (bicyclic) bond motifs is 1. The zero-order chi connectivity index (χ0) is 22.5. The second kappa shape index (κ2) is 9.69. The molecule has 0 aliphatic heterocycles. The van der Waals surface area contributed by atoms with E-state index in [2.05, 4.69) is 9.78 Å². The first-order valence-electron chi connectivity index (χ1n) is 9.19. The summed E-state index contributed by atoms with van der Waals surface area (Å²) in [5.74, 6) is -0.646. The van der Waals surface area contributed by atoms with Gasteiger partial charge in [0.05, 0.1) is 6.61 Å². The molecule has 0 unspecified atom stereocenters. The highest BCUT2D eigenvalue weighted by molar-refractivity contribution is 5.92. The third-order valence-electron chi connectivity index (χ3n) is 4.22. The van der Waals surface area contributed by atoms with Crippen LogP contribution < -0.4 is 10.4 Å². The lowest BCUT2D eigenvalue weighted by atomic mass is 10.1. The van der Waals surface area contributed by atoms with Gasteiger partial charge in [-0.1, -0.05) is 0 Å². The molecule has 0 atom stereocenters. The number of aliphatic hydroxyl groups excluding tert-OH is 2. The van der Waals surface area contributed by atoms with Gasteiger partial charge in [0.15, 0.2) is 12.6 Å². The molecular weight excluding hydrogens is 412 g/mol. The summed E-state index contributed by atoms with van der Waals surface area (Å²) in [5.41, 5.74) is -0.462. The van der Waals surface area contributed by atoms with Gasteiger partial charge in [0.2, 0.25) is 0 Å². The summed E-state index contributed by atoms with van der Waals surface area (Å²) in [6, 6.07) is 10.0. The van der Waals surface area contributed by atoms with Crippen molar-refractivity contribution in [1.82, 2.24) is 0 Å². The van der Waals surface area contributed by atoms with Crippen molar-refractivity contribution in [2.45, 2.75) is 26.1 Å². The Labute approximate surface area is 175 Å². The molecule has 0 aliphatic carbocycles. The van der Waals surface area contributed by atoms with E-state index in [1.807, 2.05) is 0 Å². The number of hydrogen-bond acceptors (Lipinski definition) is 10. The van der Waals surface area contributed by atoms with Gasteiger partial charge < -0.3 is 29.6 Å². The van der Waals surface area contributed by atoms with E-state index in [1.165, 1.54) is 30.3 Å². The average molecular weight is 432 g/mol. The van der Waals surface area contributed by atoms with Crippen LogP contribution in [0.5, 0.6) is 5.75 Å². The van der Waals surface area contributed by atoms with Crippen LogP contribution in [0.1, 0.15) is 46.6 Å². The van der Waals surface area contributed by atoms with Crippen molar-refractivity contribution in [2.24, 2.45) is 0 Å². The van der Waals surface area contributed by atoms with Crippen molar-refractivity contribution in [1.29, 1.82) is 0 Å². The van der Waals surface area contributed by atoms with Crippen LogP contribution in [0.3, 0.4) is 0 Å². The third kappa shape index (κ3) is 5.45. The minimum absolute atomic E-state index is 0.0468. The average Bonchev–Trinajstić information content (AvgIpc) is 2.75. The Hall–Kier alpha value is -3.28. The molecular formula is C21H20O10. The summed E-state index contributed by atoms with van der Waals surface area (Å²) >= 11 is 0. The topological polar surface area (TPSA) is 156 Å². The fourth-order valence-corrected chi connectivity index (χ4v) is 2.77. The SMILES string of the molecule is CCOOC(=O)c1cc2ccc(OCc3cc(C(O)O)cc(C(O)O)c3)cc2oc1=O. The molecule has 0 saturated heterocycles. The van der Waals surface area contributed by atoms with Crippen molar-refractivity contribution in [3.63, 3.8) is 0 Å². The molecule has 31 heavy (non-hydrogen) atoms. The molecule has 0 radical (unpaired) electrons. The Morgan fingerprint density at radius 1 is 1.00 bits per heavy atom. The summed E-state index contributed by atoms with van der Waals surface area (Å²) in [6.45, 7) is 1.70. The van der Waals surface area contributed by atoms with Crippen molar-refractivity contribution in [3.8, 4) is 5.75 Å². The molecule has 0 spiro atoms. The number of hydrogen-bond donors (Lipinski definition) is 4. The Morgan fingerprint density at radius 2 is 1.68 bits per heavy atom. The largest absolute Gasteiger partial charge is 0.489 e. The Morgan fingerprint density at radius 3 is 2.29 bits per heavy atom. The Bertz CT molecular complexity index is 1110. The van der Waals surface area contributed by atoms with Crippen LogP contribution in [-0.4, -0.2) is 33.0 Å². The van der Waals surface area contributed by atoms with Crippen molar-refractivity contribution in [3.05, 3.63) is 75.1 Å². The minimum Gasteiger partial charge on any atom is -0.489 e. The predicted molar refractivity (Wildman–Crippen MR) is 105 cm³/mol. The van der Waals surface area contributed by atoms with Gasteiger partial charge in [0.25, 0.3) is 0 Å². The molecule has 2 aromatic carbocycles. The normalized spacial score (nSPS) is 11.3. The van der Waals surface area contributed by atoms with E-state index in [0.29, 0.717) is 16.7 Å². The summed E-state index contributed by atoms with van der Waals surface area (Å²) in [7, 11) is 0. The molecule has 3 rings (SSSR count). The van der Waals surface area contributed by atoms with E-state index in [1.54, 1.807) is 19.1 Å². The number of rotatable bonds is 8. The van der Waals surface area contributed by atoms with Crippen LogP contribution in [0.2, 0.25) is 0 Å². The smallest absolute Gasteiger partial charge is 0.380 e. The molecule has 10 nitrogen and oxygen atoms in total. The van der Waals surface area contributed by atoms with Crippen molar-refractivity contribution < 1.29 is 44.1 Å². The van der Waals surface area contributed by atoms with Gasteiger partial charge in [-0.25, -0.2) is 9.59 Å². The zero-order valence-corrected chi connectivity index (χ0v) is 16.3. The van der Waals surface area contributed by atoms with Crippen LogP contribution in [0.15, 0.2) is 51.7 Å². The van der Waals surface area contributed by atoms with Gasteiger partial charge in [-0.15, -0.1) is 0 Å². The lowest BCUT2D eigenvalue weighted by Gasteiger charge is -2.13. The fourth-order valence-electron chi connectivity index (χ4n) is 2.77. The fraction of sp³-hybridized carbons (Fsp3) is 0.238. The second-order valence-electron chi connectivity index (χ2n) is 6.47. The summed E-state index contributed by atoms with van der Waals surface area (Å²) in [4.78, 5) is 32.9. The predicted octanol–water partition coefficient (Wildman–Crippen LogP) is 1.45. The van der Waals surface area contributed by atoms with E-state index in [9.17, 15) is 30.0 Å². The zero-order valence-electron chi connectivity index (χ0n) is 16.3. The standard InChI is InChI=1S/C21H20O10/c1-2-29-31-21(27)16-8-12-3-4-15(9-17(12)30-20(16)26)28-10-11-5-13(18(22)23)7-14(6-11)19(24)25/h3-9,18-19,22-25H,2,10H2,1H3. The quantitative estimate of drug-likeness (QED) is 0.178. The molecule has 10 heteroatoms. The van der Waals surface area contributed by atoms with Gasteiger partial charge in [-0.05, 0) is 48.9 Å². The Kier molecular flexibility index (Phi) is 7.00. The number of aliphatic hydroxyl groups is 4. The molecule has 4 N–H and O–H groups in total. The first kappa shape index (κ1) is 22.4. The molecule has 1 aromatic heterocycles. The van der Waals surface area contributed by atoms with E-state index in [4.69, 9.17) is 9.15 Å². The van der Waals surface area contributed by atoms with Crippen molar-refractivity contribution >= 4 is 16.9 Å². The molecule has 164 valence electrons. The van der Waals surface area contributed by atoms with E-state index >= 15 is 0 Å². The highest BCUT2D eigenvalue weighted by atomic mass is 17.2. The van der Waals surface area contributed by atoms with Crippen LogP contribution in [0, 0.1) is 0 Å². The van der Waals surface area contributed by atoms with Crippen LogP contribution in [-0.2, 0) is 16.4 Å². The third-order valence-corrected chi connectivity index (χ3v) is 4.22. The molecule has 0 amide bonds. The number of carbonyl (C=O) groups is 1. The summed E-state index contributed by atoms with van der Waals surface area (Å²) in [6.07, 6.45) is -3.59. The number of ether oxygens (including phenoxy) is 1. The van der Waals surface area contributed by atoms with Crippen LogP contribution >= 0.6 is 0 Å². The first-order chi connectivity index (χ1) is 14.8. The van der Waals surface area contributed by atoms with Crippen LogP contribution in [0.4, 0.5) is 0 Å². The highest BCUT2D eigenvalue weighted by Gasteiger charge is 2.17. The summed E-state index contributed by atoms with van der Waals surface area (Å²) < 4.78 is 10.8. The van der Waals surface area contributed by atoms with Gasteiger partial charge in [0, 0.05) is 22.6 Å². The highest BCUT2D eigenvalue weighted by Crippen LogP contribution is 2.24. The van der Waals surface area contributed by atoms with E-state index < -0.39 is 24.2 Å². The molecule has 0 fully saturated rings. The second-order valence-corrected chi connectivity index (χ2v) is 6.47. The Balaban J connectivity index is 1.82. The van der Waals surface area contributed by atoms with Gasteiger partial charge in [0.1, 0.15) is 23.5 Å². The number of benzene rings is 2. The van der Waals surface area contributed by atoms with E-state index in [-0.39, 0.29) is 35.5 Å². The molecule has 3 aromatic rings. The maximum absolute atomic E-state index is 12.1. The van der Waals surface area contributed by atoms with E-state index in [0.717, 1.165) is 0 Å². The molecule has 0 aliphatic rings. The summed E-state index contributed by atoms with van der Waals surface area (Å²) in [5, 5.41) is 37.9. The minimum atomic E-state index is -1.80. The molecule has 0 bridgehead atoms. The monoisotopic (exact) mass is 432 g/mol. The van der Waals surface area contributed by atoms with Crippen molar-refractivity contribution in [2.75, 3.05) is 6.61 Å². The molecule has 0 saturated carbocycles. The lowest BCUT2D eigenvalue weighted by Crippen LogP contribution is -2.16. The molecule has 1 heterocycles. The van der Waals surface area contributed by atoms with Gasteiger partial charge in [-0.2, -0.15) is 4.89 Å². The number of carbonyl (C=O) groups excluding carboxylic acids is 1. The maximum Gasteiger partial charge on any atom is 0.380 e. The first-order valence-corrected chi connectivity index (χ1v) is 9.19. The van der Waals surface area contributed by atoms with Gasteiger partial charge >= 0.3 is 11.6 Å².